The van der Waals surface area contributed by atoms with E-state index in [1.807, 2.05) is 4.90 Å². The molecule has 5 nitrogen and oxygen atoms in total. The lowest BCUT2D eigenvalue weighted by Gasteiger charge is -2.24. The number of carbonyl (C=O) groups excluding carboxylic acids is 2. The lowest BCUT2D eigenvalue weighted by atomic mass is 10.1. The van der Waals surface area contributed by atoms with Gasteiger partial charge in [0.05, 0.1) is 12.1 Å². The molecule has 1 heterocycles. The van der Waals surface area contributed by atoms with Crippen molar-refractivity contribution < 1.29 is 9.59 Å². The van der Waals surface area contributed by atoms with Gasteiger partial charge in [-0.15, -0.1) is 0 Å². The van der Waals surface area contributed by atoms with Crippen LogP contribution in [0.1, 0.15) is 26.7 Å². The molecule has 0 radical (unpaired) electrons. The zero-order valence-electron chi connectivity index (χ0n) is 9.38. The second-order valence-corrected chi connectivity index (χ2v) is 4.43. The molecule has 86 valence electrons. The van der Waals surface area contributed by atoms with Crippen LogP contribution in [0.5, 0.6) is 0 Å². The summed E-state index contributed by atoms with van der Waals surface area (Å²) >= 11 is 0. The van der Waals surface area contributed by atoms with Crippen LogP contribution in [0.4, 0.5) is 0 Å². The maximum Gasteiger partial charge on any atom is 0.237 e. The first-order valence-electron chi connectivity index (χ1n) is 5.26. The first-order valence-corrected chi connectivity index (χ1v) is 5.26. The predicted octanol–water partition coefficient (Wildman–Crippen LogP) is -0.538. The van der Waals surface area contributed by atoms with Gasteiger partial charge in [0.25, 0.3) is 0 Å². The highest BCUT2D eigenvalue weighted by Gasteiger charge is 2.26. The fourth-order valence-corrected chi connectivity index (χ4v) is 1.46. The van der Waals surface area contributed by atoms with Crippen LogP contribution >= 0.6 is 0 Å². The summed E-state index contributed by atoms with van der Waals surface area (Å²) in [6, 6.07) is 0. The first-order chi connectivity index (χ1) is 6.93. The second-order valence-electron chi connectivity index (χ2n) is 4.43. The molecule has 0 atom stereocenters. The summed E-state index contributed by atoms with van der Waals surface area (Å²) in [7, 11) is 0. The second kappa shape index (κ2) is 4.61. The van der Waals surface area contributed by atoms with E-state index in [0.717, 1.165) is 25.9 Å². The molecule has 0 aromatic carbocycles. The van der Waals surface area contributed by atoms with E-state index in [2.05, 4.69) is 5.32 Å². The van der Waals surface area contributed by atoms with Gasteiger partial charge in [-0.3, -0.25) is 14.9 Å². The Morgan fingerprint density at radius 2 is 1.87 bits per heavy atom. The third-order valence-electron chi connectivity index (χ3n) is 2.76. The SMILES string of the molecule is CC(C)(NCC(=O)N1CCCC1)C(N)=O. The summed E-state index contributed by atoms with van der Waals surface area (Å²) in [4.78, 5) is 24.4. The zero-order chi connectivity index (χ0) is 11.5. The van der Waals surface area contributed by atoms with Crippen LogP contribution in [0.15, 0.2) is 0 Å². The average Bonchev–Trinajstić information content (AvgIpc) is 2.66. The number of nitrogens with one attached hydrogen (secondary N) is 1. The van der Waals surface area contributed by atoms with Crippen LogP contribution in [-0.4, -0.2) is 41.9 Å². The Balaban J connectivity index is 2.36. The number of primary amides is 1. The van der Waals surface area contributed by atoms with E-state index in [9.17, 15) is 9.59 Å². The smallest absolute Gasteiger partial charge is 0.237 e. The predicted molar refractivity (Wildman–Crippen MR) is 57.1 cm³/mol. The van der Waals surface area contributed by atoms with Gasteiger partial charge in [0.2, 0.25) is 11.8 Å². The Hall–Kier alpha value is -1.10. The number of carbonyl (C=O) groups is 2. The van der Waals surface area contributed by atoms with E-state index in [1.54, 1.807) is 13.8 Å². The largest absolute Gasteiger partial charge is 0.368 e. The Kier molecular flexibility index (Phi) is 3.68. The quantitative estimate of drug-likeness (QED) is 0.658. The summed E-state index contributed by atoms with van der Waals surface area (Å²) in [5.74, 6) is -0.404. The topological polar surface area (TPSA) is 75.4 Å². The molecule has 1 aliphatic heterocycles. The molecular formula is C10H19N3O2. The highest BCUT2D eigenvalue weighted by atomic mass is 16.2. The van der Waals surface area contributed by atoms with E-state index in [0.29, 0.717) is 0 Å². The van der Waals surface area contributed by atoms with Gasteiger partial charge < -0.3 is 10.6 Å². The molecule has 1 aliphatic rings. The summed E-state index contributed by atoms with van der Waals surface area (Å²) in [6.45, 7) is 5.18. The van der Waals surface area contributed by atoms with Crippen LogP contribution in [0, 0.1) is 0 Å². The summed E-state index contributed by atoms with van der Waals surface area (Å²) < 4.78 is 0. The lowest BCUT2D eigenvalue weighted by molar-refractivity contribution is -0.130. The molecule has 0 aliphatic carbocycles. The van der Waals surface area contributed by atoms with Crippen molar-refractivity contribution in [2.75, 3.05) is 19.6 Å². The van der Waals surface area contributed by atoms with Crippen molar-refractivity contribution in [2.24, 2.45) is 5.73 Å². The third kappa shape index (κ3) is 3.20. The Morgan fingerprint density at radius 3 is 2.33 bits per heavy atom. The molecule has 1 rings (SSSR count). The Bertz CT molecular complexity index is 257. The molecule has 0 aromatic rings. The normalized spacial score (nSPS) is 16.8. The Labute approximate surface area is 90.0 Å². The van der Waals surface area contributed by atoms with E-state index < -0.39 is 11.4 Å². The molecule has 1 fully saturated rings. The van der Waals surface area contributed by atoms with Gasteiger partial charge in [-0.25, -0.2) is 0 Å². The van der Waals surface area contributed by atoms with E-state index in [1.165, 1.54) is 0 Å². The minimum absolute atomic E-state index is 0.0434. The molecular weight excluding hydrogens is 194 g/mol. The molecule has 3 N–H and O–H groups in total. The molecule has 0 spiro atoms. The zero-order valence-corrected chi connectivity index (χ0v) is 9.38. The van der Waals surface area contributed by atoms with Crippen molar-refractivity contribution >= 4 is 11.8 Å². The van der Waals surface area contributed by atoms with Crippen LogP contribution in [0.2, 0.25) is 0 Å². The van der Waals surface area contributed by atoms with Gasteiger partial charge in [-0.05, 0) is 26.7 Å². The number of hydrogen-bond donors (Lipinski definition) is 2. The molecule has 2 amide bonds. The summed E-state index contributed by atoms with van der Waals surface area (Å²) in [5, 5.41) is 2.87. The molecule has 0 saturated carbocycles. The maximum atomic E-state index is 11.6. The number of rotatable bonds is 4. The van der Waals surface area contributed by atoms with Crippen LogP contribution in [-0.2, 0) is 9.59 Å². The van der Waals surface area contributed by atoms with Crippen molar-refractivity contribution in [3.05, 3.63) is 0 Å². The Morgan fingerprint density at radius 1 is 1.33 bits per heavy atom. The van der Waals surface area contributed by atoms with Gasteiger partial charge in [-0.2, -0.15) is 0 Å². The van der Waals surface area contributed by atoms with Gasteiger partial charge in [0, 0.05) is 13.1 Å². The fourth-order valence-electron chi connectivity index (χ4n) is 1.46. The van der Waals surface area contributed by atoms with Crippen LogP contribution in [0.25, 0.3) is 0 Å². The minimum Gasteiger partial charge on any atom is -0.368 e. The molecule has 0 bridgehead atoms. The molecule has 0 unspecified atom stereocenters. The number of likely N-dealkylation sites (tertiary alicyclic amines) is 1. The number of amides is 2. The van der Waals surface area contributed by atoms with Crippen molar-refractivity contribution in [1.82, 2.24) is 10.2 Å². The number of hydrogen-bond acceptors (Lipinski definition) is 3. The van der Waals surface area contributed by atoms with E-state index >= 15 is 0 Å². The fraction of sp³-hybridized carbons (Fsp3) is 0.800. The summed E-state index contributed by atoms with van der Waals surface area (Å²) in [6.07, 6.45) is 2.15. The van der Waals surface area contributed by atoms with Crippen molar-refractivity contribution in [2.45, 2.75) is 32.2 Å². The van der Waals surface area contributed by atoms with Gasteiger partial charge >= 0.3 is 0 Å². The van der Waals surface area contributed by atoms with E-state index in [-0.39, 0.29) is 12.5 Å². The van der Waals surface area contributed by atoms with Gasteiger partial charge in [-0.1, -0.05) is 0 Å². The van der Waals surface area contributed by atoms with Crippen molar-refractivity contribution in [3.8, 4) is 0 Å². The number of nitrogens with two attached hydrogens (primary N) is 1. The average molecular weight is 213 g/mol. The number of nitrogens with zero attached hydrogens (tertiary/aromatic N) is 1. The van der Waals surface area contributed by atoms with Crippen molar-refractivity contribution in [3.63, 3.8) is 0 Å². The first kappa shape index (κ1) is 12.0. The summed E-state index contributed by atoms with van der Waals surface area (Å²) in [5.41, 5.74) is 4.36. The van der Waals surface area contributed by atoms with Gasteiger partial charge in [0.15, 0.2) is 0 Å². The maximum absolute atomic E-state index is 11.6. The molecule has 0 aromatic heterocycles. The van der Waals surface area contributed by atoms with Crippen LogP contribution < -0.4 is 11.1 Å². The highest BCUT2D eigenvalue weighted by molar-refractivity contribution is 5.85. The van der Waals surface area contributed by atoms with Crippen molar-refractivity contribution in [1.29, 1.82) is 0 Å². The third-order valence-corrected chi connectivity index (χ3v) is 2.76. The standard InChI is InChI=1S/C10H19N3O2/c1-10(2,9(11)15)12-7-8(14)13-5-3-4-6-13/h12H,3-7H2,1-2H3,(H2,11,15). The minimum atomic E-state index is -0.824. The molecule has 5 heteroatoms. The molecule has 1 saturated heterocycles. The molecule has 15 heavy (non-hydrogen) atoms. The van der Waals surface area contributed by atoms with Gasteiger partial charge in [0.1, 0.15) is 0 Å². The highest BCUT2D eigenvalue weighted by Crippen LogP contribution is 2.07. The van der Waals surface area contributed by atoms with E-state index in [4.69, 9.17) is 5.73 Å². The monoisotopic (exact) mass is 213 g/mol. The van der Waals surface area contributed by atoms with Crippen LogP contribution in [0.3, 0.4) is 0 Å². The lowest BCUT2D eigenvalue weighted by Crippen LogP contribution is -2.53.